The molecule has 37 heavy (non-hydrogen) atoms. The van der Waals surface area contributed by atoms with Gasteiger partial charge in [0.1, 0.15) is 5.75 Å². The molecule has 0 saturated carbocycles. The third-order valence-electron chi connectivity index (χ3n) is 4.93. The number of hydrogen-bond acceptors (Lipinski definition) is 8. The smallest absolute Gasteiger partial charge is 0.437 e. The summed E-state index contributed by atoms with van der Waals surface area (Å²) in [7, 11) is 1.43. The Kier molecular flexibility index (Phi) is 6.94. The number of benzene rings is 1. The van der Waals surface area contributed by atoms with Crippen LogP contribution in [-0.2, 0) is 12.7 Å². The predicted octanol–water partition coefficient (Wildman–Crippen LogP) is 3.78. The maximum absolute atomic E-state index is 13.6. The van der Waals surface area contributed by atoms with Crippen molar-refractivity contribution in [1.82, 2.24) is 24.7 Å². The van der Waals surface area contributed by atoms with Crippen molar-refractivity contribution in [2.45, 2.75) is 12.7 Å². The average Bonchev–Trinajstić information content (AvgIpc) is 2.86. The molecule has 1 N–H and O–H groups in total. The van der Waals surface area contributed by atoms with E-state index >= 15 is 0 Å². The molecule has 0 bridgehead atoms. The van der Waals surface area contributed by atoms with Crippen molar-refractivity contribution in [1.29, 1.82) is 5.26 Å². The summed E-state index contributed by atoms with van der Waals surface area (Å²) in [6.07, 6.45) is -2.93. The van der Waals surface area contributed by atoms with Gasteiger partial charge in [-0.3, -0.25) is 14.2 Å². The fraction of sp³-hybridized carbons (Fsp3) is 0.130. The number of nitrogens with zero attached hydrogens (tertiary/aromatic N) is 5. The quantitative estimate of drug-likeness (QED) is 0.398. The van der Waals surface area contributed by atoms with Crippen molar-refractivity contribution < 1.29 is 22.6 Å². The molecule has 1 aromatic carbocycles. The van der Waals surface area contributed by atoms with Crippen LogP contribution in [0.5, 0.6) is 17.4 Å². The monoisotopic (exact) mass is 530 g/mol. The molecule has 4 aromatic rings. The van der Waals surface area contributed by atoms with Crippen molar-refractivity contribution in [2.75, 3.05) is 7.11 Å². The Hall–Kier alpha value is -4.70. The topological polar surface area (TPSA) is 136 Å². The zero-order chi connectivity index (χ0) is 26.7. The highest BCUT2D eigenvalue weighted by molar-refractivity contribution is 6.30. The molecule has 0 fully saturated rings. The summed E-state index contributed by atoms with van der Waals surface area (Å²) in [5.74, 6) is -1.06. The largest absolute Gasteiger partial charge is 0.481 e. The second-order valence-corrected chi connectivity index (χ2v) is 7.87. The molecule has 14 heteroatoms. The van der Waals surface area contributed by atoms with E-state index in [4.69, 9.17) is 26.3 Å². The number of nitrogens with one attached hydrogen (secondary N) is 1. The number of H-pyrrole nitrogens is 1. The van der Waals surface area contributed by atoms with Gasteiger partial charge in [0.15, 0.2) is 5.69 Å². The van der Waals surface area contributed by atoms with Crippen LogP contribution in [0.4, 0.5) is 13.2 Å². The highest BCUT2D eigenvalue weighted by Crippen LogP contribution is 2.35. The Morgan fingerprint density at radius 1 is 1.16 bits per heavy atom. The van der Waals surface area contributed by atoms with E-state index in [2.05, 4.69) is 20.2 Å². The number of halogens is 4. The van der Waals surface area contributed by atoms with Crippen LogP contribution in [0.2, 0.25) is 5.02 Å². The molecule has 0 atom stereocenters. The number of methoxy groups -OCH3 is 1. The lowest BCUT2D eigenvalue weighted by atomic mass is 10.1. The Bertz CT molecular complexity index is 1630. The third-order valence-corrected chi connectivity index (χ3v) is 5.15. The lowest BCUT2D eigenvalue weighted by Crippen LogP contribution is -2.27. The summed E-state index contributed by atoms with van der Waals surface area (Å²) in [4.78, 5) is 32.8. The normalized spacial score (nSPS) is 11.1. The minimum Gasteiger partial charge on any atom is -0.481 e. The van der Waals surface area contributed by atoms with E-state index in [0.29, 0.717) is 17.8 Å². The molecule has 0 aliphatic heterocycles. The standard InChI is InChI=1S/C23H14ClF3N6O4/c1-36-18-3-2-13(9-29-18)17-7-15(31-32-21(17)34)10-33-11-30-20(23(25,26)27)19(22(33)35)37-16-5-12(8-28)4-14(24)6-16/h2-7,9,11H,10H2,1H3,(H,32,34). The van der Waals surface area contributed by atoms with Crippen LogP contribution in [-0.4, -0.2) is 31.8 Å². The zero-order valence-electron chi connectivity index (χ0n) is 18.7. The predicted molar refractivity (Wildman–Crippen MR) is 123 cm³/mol. The fourth-order valence-electron chi connectivity index (χ4n) is 3.26. The van der Waals surface area contributed by atoms with Crippen LogP contribution < -0.4 is 20.6 Å². The van der Waals surface area contributed by atoms with E-state index in [1.165, 1.54) is 31.5 Å². The molecular formula is C23H14ClF3N6O4. The third kappa shape index (κ3) is 5.60. The maximum Gasteiger partial charge on any atom is 0.437 e. The number of aromatic nitrogens is 5. The van der Waals surface area contributed by atoms with Crippen LogP contribution in [0, 0.1) is 11.3 Å². The van der Waals surface area contributed by atoms with Crippen LogP contribution >= 0.6 is 11.6 Å². The minimum absolute atomic E-state index is 0.0123. The molecule has 0 aliphatic rings. The van der Waals surface area contributed by atoms with Crippen LogP contribution in [0.3, 0.4) is 0 Å². The summed E-state index contributed by atoms with van der Waals surface area (Å²) in [5.41, 5.74) is -2.57. The van der Waals surface area contributed by atoms with Gasteiger partial charge in [-0.25, -0.2) is 15.1 Å². The first-order valence-corrected chi connectivity index (χ1v) is 10.6. The minimum atomic E-state index is -5.02. The summed E-state index contributed by atoms with van der Waals surface area (Å²) < 4.78 is 51.9. The van der Waals surface area contributed by atoms with Crippen molar-refractivity contribution in [2.24, 2.45) is 0 Å². The fourth-order valence-corrected chi connectivity index (χ4v) is 3.48. The molecule has 3 heterocycles. The van der Waals surface area contributed by atoms with E-state index in [1.807, 2.05) is 0 Å². The SMILES string of the molecule is COc1ccc(-c2cc(Cn3cnc(C(F)(F)F)c(Oc4cc(Cl)cc(C#N)c4)c3=O)n[nH]c2=O)cn1. The second-order valence-electron chi connectivity index (χ2n) is 7.43. The van der Waals surface area contributed by atoms with E-state index in [9.17, 15) is 22.8 Å². The van der Waals surface area contributed by atoms with Gasteiger partial charge in [-0.05, 0) is 30.3 Å². The molecule has 0 aliphatic carbocycles. The Balaban J connectivity index is 1.75. The van der Waals surface area contributed by atoms with Crippen LogP contribution in [0.1, 0.15) is 17.0 Å². The van der Waals surface area contributed by atoms with Gasteiger partial charge in [0.2, 0.25) is 11.6 Å². The molecule has 0 amide bonds. The number of nitriles is 1. The lowest BCUT2D eigenvalue weighted by Gasteiger charge is -2.15. The second kappa shape index (κ2) is 10.1. The number of aromatic amines is 1. The Morgan fingerprint density at radius 3 is 2.59 bits per heavy atom. The molecule has 3 aromatic heterocycles. The highest BCUT2D eigenvalue weighted by Gasteiger charge is 2.38. The van der Waals surface area contributed by atoms with Crippen molar-refractivity contribution >= 4 is 11.6 Å². The van der Waals surface area contributed by atoms with Crippen molar-refractivity contribution in [3.8, 4) is 34.6 Å². The van der Waals surface area contributed by atoms with Gasteiger partial charge < -0.3 is 9.47 Å². The first-order valence-electron chi connectivity index (χ1n) is 10.2. The van der Waals surface area contributed by atoms with Gasteiger partial charge in [0.05, 0.1) is 42.9 Å². The summed E-state index contributed by atoms with van der Waals surface area (Å²) in [6.45, 7) is -0.354. The Morgan fingerprint density at radius 2 is 1.95 bits per heavy atom. The molecule has 0 saturated heterocycles. The van der Waals surface area contributed by atoms with Gasteiger partial charge in [-0.1, -0.05) is 11.6 Å². The lowest BCUT2D eigenvalue weighted by molar-refractivity contribution is -0.142. The zero-order valence-corrected chi connectivity index (χ0v) is 19.5. The Labute approximate surface area is 210 Å². The van der Waals surface area contributed by atoms with Gasteiger partial charge in [0.25, 0.3) is 11.1 Å². The molecule has 4 rings (SSSR count). The van der Waals surface area contributed by atoms with Gasteiger partial charge in [-0.2, -0.15) is 23.5 Å². The van der Waals surface area contributed by atoms with Crippen LogP contribution in [0.25, 0.3) is 11.1 Å². The van der Waals surface area contributed by atoms with Gasteiger partial charge >= 0.3 is 6.18 Å². The number of hydrogen-bond donors (Lipinski definition) is 1. The molecule has 188 valence electrons. The first kappa shape index (κ1) is 25.4. The van der Waals surface area contributed by atoms with Gasteiger partial charge in [0, 0.05) is 22.8 Å². The van der Waals surface area contributed by atoms with E-state index in [0.717, 1.165) is 16.7 Å². The van der Waals surface area contributed by atoms with E-state index in [1.54, 1.807) is 12.1 Å². The highest BCUT2D eigenvalue weighted by atomic mass is 35.5. The van der Waals surface area contributed by atoms with Crippen molar-refractivity contribution in [3.63, 3.8) is 0 Å². The number of pyridine rings is 1. The molecule has 0 spiro atoms. The number of rotatable bonds is 6. The molecule has 10 nitrogen and oxygen atoms in total. The summed E-state index contributed by atoms with van der Waals surface area (Å²) >= 11 is 5.90. The number of alkyl halides is 3. The molecule has 0 radical (unpaired) electrons. The van der Waals surface area contributed by atoms with Crippen molar-refractivity contribution in [3.05, 3.63) is 91.6 Å². The van der Waals surface area contributed by atoms with E-state index in [-0.39, 0.29) is 34.1 Å². The van der Waals surface area contributed by atoms with E-state index < -0.39 is 28.7 Å². The first-order chi connectivity index (χ1) is 17.6. The summed E-state index contributed by atoms with van der Waals surface area (Å²) in [6, 6.07) is 9.83. The summed E-state index contributed by atoms with van der Waals surface area (Å²) in [5, 5.41) is 15.3. The van der Waals surface area contributed by atoms with Gasteiger partial charge in [-0.15, -0.1) is 0 Å². The van der Waals surface area contributed by atoms with Crippen LogP contribution in [0.15, 0.2) is 58.5 Å². The molecular weight excluding hydrogens is 517 g/mol. The maximum atomic E-state index is 13.6. The molecule has 0 unspecified atom stereocenters. The number of ether oxygens (including phenoxy) is 2. The average molecular weight is 531 g/mol.